The second-order valence-corrected chi connectivity index (χ2v) is 8.45. The summed E-state index contributed by atoms with van der Waals surface area (Å²) < 4.78 is 0. The van der Waals surface area contributed by atoms with Crippen LogP contribution in [0.4, 0.5) is 5.82 Å². The Morgan fingerprint density at radius 3 is 2.72 bits per heavy atom. The molecule has 0 bridgehead atoms. The van der Waals surface area contributed by atoms with Gasteiger partial charge in [-0.1, -0.05) is 36.0 Å². The minimum Gasteiger partial charge on any atom is -0.355 e. The van der Waals surface area contributed by atoms with E-state index < -0.39 is 0 Å². The number of carbonyl (C=O) groups excluding carboxylic acids is 1. The molecular formula is C22H25N5OS. The van der Waals surface area contributed by atoms with E-state index in [1.54, 1.807) is 6.20 Å². The SMILES string of the molecule is CSc1ncc(C#N)c(N2CCC(CC(=O)N3CCc4ccccc4C3)CC2)n1. The molecule has 0 aliphatic carbocycles. The number of hydrogen-bond acceptors (Lipinski definition) is 6. The summed E-state index contributed by atoms with van der Waals surface area (Å²) in [5.41, 5.74) is 3.16. The predicted molar refractivity (Wildman–Crippen MR) is 114 cm³/mol. The zero-order valence-electron chi connectivity index (χ0n) is 16.7. The number of nitrogens with zero attached hydrogens (tertiary/aromatic N) is 5. The minimum absolute atomic E-state index is 0.266. The zero-order valence-corrected chi connectivity index (χ0v) is 17.5. The molecule has 0 N–H and O–H groups in total. The summed E-state index contributed by atoms with van der Waals surface area (Å²) in [6.45, 7) is 3.19. The van der Waals surface area contributed by atoms with E-state index in [2.05, 4.69) is 39.1 Å². The second-order valence-electron chi connectivity index (χ2n) is 7.67. The molecule has 3 heterocycles. The molecule has 1 aromatic carbocycles. The molecule has 150 valence electrons. The van der Waals surface area contributed by atoms with E-state index in [4.69, 9.17) is 0 Å². The largest absolute Gasteiger partial charge is 0.355 e. The molecule has 1 fully saturated rings. The van der Waals surface area contributed by atoms with Crippen LogP contribution in [0.5, 0.6) is 0 Å². The lowest BCUT2D eigenvalue weighted by Crippen LogP contribution is -2.39. The molecule has 2 aromatic rings. The number of rotatable bonds is 4. The van der Waals surface area contributed by atoms with Gasteiger partial charge in [0.2, 0.25) is 5.91 Å². The highest BCUT2D eigenvalue weighted by molar-refractivity contribution is 7.98. The standard InChI is InChI=1S/C22H25N5OS/c1-29-22-24-14-19(13-23)21(25-22)26-9-6-16(7-10-26)12-20(28)27-11-8-17-4-2-3-5-18(17)15-27/h2-5,14,16H,6-12,15H2,1H3. The Morgan fingerprint density at radius 2 is 2.00 bits per heavy atom. The molecule has 4 rings (SSSR count). The molecule has 0 saturated carbocycles. The monoisotopic (exact) mass is 407 g/mol. The highest BCUT2D eigenvalue weighted by Crippen LogP contribution is 2.28. The van der Waals surface area contributed by atoms with Crippen molar-refractivity contribution in [2.24, 2.45) is 5.92 Å². The molecule has 0 atom stereocenters. The Balaban J connectivity index is 1.34. The van der Waals surface area contributed by atoms with Gasteiger partial charge in [0.15, 0.2) is 11.0 Å². The first kappa shape index (κ1) is 19.7. The van der Waals surface area contributed by atoms with E-state index in [9.17, 15) is 10.1 Å². The molecule has 0 spiro atoms. The van der Waals surface area contributed by atoms with Crippen molar-refractivity contribution in [3.8, 4) is 6.07 Å². The van der Waals surface area contributed by atoms with Gasteiger partial charge in [0.05, 0.1) is 6.20 Å². The van der Waals surface area contributed by atoms with Crippen LogP contribution >= 0.6 is 11.8 Å². The minimum atomic E-state index is 0.266. The van der Waals surface area contributed by atoms with Crippen molar-refractivity contribution in [3.63, 3.8) is 0 Å². The number of nitriles is 1. The van der Waals surface area contributed by atoms with Gasteiger partial charge in [-0.05, 0) is 42.6 Å². The van der Waals surface area contributed by atoms with E-state index >= 15 is 0 Å². The summed E-state index contributed by atoms with van der Waals surface area (Å²) in [4.78, 5) is 25.8. The van der Waals surface area contributed by atoms with Crippen molar-refractivity contribution in [2.75, 3.05) is 30.8 Å². The van der Waals surface area contributed by atoms with Crippen molar-refractivity contribution < 1.29 is 4.79 Å². The molecule has 7 heteroatoms. The average Bonchev–Trinajstić information content (AvgIpc) is 2.78. The number of piperidine rings is 1. The van der Waals surface area contributed by atoms with Gasteiger partial charge in [-0.3, -0.25) is 4.79 Å². The summed E-state index contributed by atoms with van der Waals surface area (Å²) >= 11 is 1.48. The lowest BCUT2D eigenvalue weighted by atomic mass is 9.92. The first-order chi connectivity index (χ1) is 14.2. The fourth-order valence-electron chi connectivity index (χ4n) is 4.21. The fourth-order valence-corrected chi connectivity index (χ4v) is 4.54. The van der Waals surface area contributed by atoms with Crippen LogP contribution in [0.1, 0.15) is 36.0 Å². The van der Waals surface area contributed by atoms with Crippen LogP contribution in [0.2, 0.25) is 0 Å². The molecule has 1 amide bonds. The van der Waals surface area contributed by atoms with Crippen LogP contribution in [0.3, 0.4) is 0 Å². The third-order valence-electron chi connectivity index (χ3n) is 5.91. The third kappa shape index (κ3) is 4.38. The molecule has 0 unspecified atom stereocenters. The number of thioether (sulfide) groups is 1. The maximum Gasteiger partial charge on any atom is 0.223 e. The number of anilines is 1. The van der Waals surface area contributed by atoms with E-state index in [1.165, 1.54) is 22.9 Å². The molecule has 6 nitrogen and oxygen atoms in total. The number of amides is 1. The summed E-state index contributed by atoms with van der Waals surface area (Å²) in [6, 6.07) is 10.6. The normalized spacial score (nSPS) is 17.0. The summed E-state index contributed by atoms with van der Waals surface area (Å²) in [7, 11) is 0. The van der Waals surface area contributed by atoms with Crippen LogP contribution in [-0.4, -0.2) is 46.7 Å². The lowest BCUT2D eigenvalue weighted by Gasteiger charge is -2.35. The first-order valence-electron chi connectivity index (χ1n) is 10.1. The first-order valence-corrected chi connectivity index (χ1v) is 11.3. The Hall–Kier alpha value is -2.59. The van der Waals surface area contributed by atoms with Gasteiger partial charge in [-0.25, -0.2) is 9.97 Å². The molecule has 29 heavy (non-hydrogen) atoms. The van der Waals surface area contributed by atoms with Gasteiger partial charge < -0.3 is 9.80 Å². The van der Waals surface area contributed by atoms with Crippen LogP contribution < -0.4 is 4.90 Å². The van der Waals surface area contributed by atoms with Crippen molar-refractivity contribution in [3.05, 3.63) is 47.2 Å². The van der Waals surface area contributed by atoms with E-state index in [0.717, 1.165) is 51.3 Å². The molecular weight excluding hydrogens is 382 g/mol. The van der Waals surface area contributed by atoms with Gasteiger partial charge in [0, 0.05) is 32.6 Å². The van der Waals surface area contributed by atoms with Crippen molar-refractivity contribution in [1.82, 2.24) is 14.9 Å². The molecule has 0 radical (unpaired) electrons. The van der Waals surface area contributed by atoms with Crippen molar-refractivity contribution >= 4 is 23.5 Å². The number of benzene rings is 1. The average molecular weight is 408 g/mol. The Morgan fingerprint density at radius 1 is 1.24 bits per heavy atom. The fraction of sp³-hybridized carbons (Fsp3) is 0.455. The van der Waals surface area contributed by atoms with Gasteiger partial charge in [-0.2, -0.15) is 5.26 Å². The maximum atomic E-state index is 12.9. The Labute approximate surface area is 175 Å². The Bertz CT molecular complexity index is 933. The highest BCUT2D eigenvalue weighted by Gasteiger charge is 2.27. The van der Waals surface area contributed by atoms with Crippen LogP contribution in [0.15, 0.2) is 35.6 Å². The number of aromatic nitrogens is 2. The van der Waals surface area contributed by atoms with E-state index in [-0.39, 0.29) is 5.91 Å². The van der Waals surface area contributed by atoms with Crippen molar-refractivity contribution in [1.29, 1.82) is 5.26 Å². The molecule has 2 aliphatic rings. The highest BCUT2D eigenvalue weighted by atomic mass is 32.2. The van der Waals surface area contributed by atoms with E-state index in [1.807, 2.05) is 17.2 Å². The number of carbonyl (C=O) groups is 1. The summed E-state index contributed by atoms with van der Waals surface area (Å²) in [5, 5.41) is 10.1. The van der Waals surface area contributed by atoms with Crippen molar-refractivity contribution in [2.45, 2.75) is 37.4 Å². The summed E-state index contributed by atoms with van der Waals surface area (Å²) in [5.74, 6) is 1.38. The van der Waals surface area contributed by atoms with Crippen LogP contribution in [-0.2, 0) is 17.8 Å². The van der Waals surface area contributed by atoms with Crippen LogP contribution in [0.25, 0.3) is 0 Å². The van der Waals surface area contributed by atoms with E-state index in [0.29, 0.717) is 23.1 Å². The second kappa shape index (κ2) is 8.83. The maximum absolute atomic E-state index is 12.9. The van der Waals surface area contributed by atoms with Gasteiger partial charge in [0.1, 0.15) is 11.6 Å². The summed E-state index contributed by atoms with van der Waals surface area (Å²) in [6.07, 6.45) is 6.99. The lowest BCUT2D eigenvalue weighted by molar-refractivity contribution is -0.133. The van der Waals surface area contributed by atoms with Gasteiger partial charge in [-0.15, -0.1) is 0 Å². The third-order valence-corrected chi connectivity index (χ3v) is 6.47. The van der Waals surface area contributed by atoms with Gasteiger partial charge in [0.25, 0.3) is 0 Å². The quantitative estimate of drug-likeness (QED) is 0.572. The topological polar surface area (TPSA) is 73.1 Å². The van der Waals surface area contributed by atoms with Crippen LogP contribution in [0, 0.1) is 17.2 Å². The molecule has 1 aromatic heterocycles. The predicted octanol–water partition coefficient (Wildman–Crippen LogP) is 3.26. The number of hydrogen-bond donors (Lipinski definition) is 0. The zero-order chi connectivity index (χ0) is 20.2. The molecule has 1 saturated heterocycles. The smallest absolute Gasteiger partial charge is 0.223 e. The number of fused-ring (bicyclic) bond motifs is 1. The van der Waals surface area contributed by atoms with Gasteiger partial charge >= 0.3 is 0 Å². The Kier molecular flexibility index (Phi) is 6.00. The molecule has 2 aliphatic heterocycles.